The zero-order valence-corrected chi connectivity index (χ0v) is 8.91. The van der Waals surface area contributed by atoms with Crippen LogP contribution < -0.4 is 0 Å². The molecule has 0 atom stereocenters. The Hall–Kier alpha value is -1.62. The Bertz CT molecular complexity index is 411. The molecular weight excluding hydrogens is 214 g/mol. The Morgan fingerprint density at radius 1 is 1.40 bits per heavy atom. The Balaban J connectivity index is 2.77. The van der Waals surface area contributed by atoms with E-state index in [1.807, 2.05) is 0 Å². The molecule has 0 aromatic heterocycles. The fourth-order valence-electron chi connectivity index (χ4n) is 0.830. The minimum atomic E-state index is -0.477. The molecular formula is C10H9NO3S. The van der Waals surface area contributed by atoms with Gasteiger partial charge in [0.25, 0.3) is 5.69 Å². The summed E-state index contributed by atoms with van der Waals surface area (Å²) in [6.07, 6.45) is 0. The largest absolute Gasteiger partial charge is 0.282 e. The van der Waals surface area contributed by atoms with Gasteiger partial charge in [-0.3, -0.25) is 14.9 Å². The highest BCUT2D eigenvalue weighted by molar-refractivity contribution is 8.14. The van der Waals surface area contributed by atoms with Crippen molar-refractivity contribution in [2.24, 2.45) is 0 Å². The van der Waals surface area contributed by atoms with Gasteiger partial charge in [-0.1, -0.05) is 6.58 Å². The Morgan fingerprint density at radius 2 is 1.93 bits per heavy atom. The van der Waals surface area contributed by atoms with Crippen molar-refractivity contribution in [1.29, 1.82) is 0 Å². The van der Waals surface area contributed by atoms with Gasteiger partial charge in [-0.15, -0.1) is 0 Å². The molecule has 0 fully saturated rings. The van der Waals surface area contributed by atoms with Crippen LogP contribution in [0.5, 0.6) is 0 Å². The van der Waals surface area contributed by atoms with Gasteiger partial charge in [0.05, 0.1) is 4.92 Å². The van der Waals surface area contributed by atoms with E-state index in [4.69, 9.17) is 0 Å². The van der Waals surface area contributed by atoms with Crippen molar-refractivity contribution in [3.63, 3.8) is 0 Å². The molecule has 0 saturated heterocycles. The normalized spacial score (nSPS) is 9.67. The number of hydrogen-bond acceptors (Lipinski definition) is 4. The first-order chi connectivity index (χ1) is 7.00. The van der Waals surface area contributed by atoms with Crippen LogP contribution in [0.1, 0.15) is 6.92 Å². The molecule has 0 aliphatic rings. The summed E-state index contributed by atoms with van der Waals surface area (Å²) in [6, 6.07) is 5.83. The van der Waals surface area contributed by atoms with Crippen LogP contribution in [0.3, 0.4) is 0 Å². The van der Waals surface area contributed by atoms with E-state index in [0.29, 0.717) is 10.5 Å². The van der Waals surface area contributed by atoms with Crippen LogP contribution in [0.2, 0.25) is 0 Å². The van der Waals surface area contributed by atoms with E-state index in [1.54, 1.807) is 19.1 Å². The van der Waals surface area contributed by atoms with E-state index >= 15 is 0 Å². The van der Waals surface area contributed by atoms with Crippen LogP contribution in [0, 0.1) is 10.1 Å². The van der Waals surface area contributed by atoms with Gasteiger partial charge >= 0.3 is 0 Å². The average Bonchev–Trinajstić information content (AvgIpc) is 2.18. The van der Waals surface area contributed by atoms with Crippen molar-refractivity contribution >= 4 is 22.6 Å². The summed E-state index contributed by atoms with van der Waals surface area (Å²) in [6.45, 7) is 5.14. The minimum absolute atomic E-state index is 0.0159. The van der Waals surface area contributed by atoms with E-state index in [9.17, 15) is 14.9 Å². The van der Waals surface area contributed by atoms with Gasteiger partial charge in [0, 0.05) is 17.0 Å². The smallest absolute Gasteiger partial charge is 0.269 e. The first-order valence-corrected chi connectivity index (χ1v) is 4.94. The molecule has 78 valence electrons. The lowest BCUT2D eigenvalue weighted by Gasteiger charge is -1.98. The number of nitro groups is 1. The Kier molecular flexibility index (Phi) is 3.62. The van der Waals surface area contributed by atoms with Crippen molar-refractivity contribution in [3.05, 3.63) is 46.5 Å². The Morgan fingerprint density at radius 3 is 2.33 bits per heavy atom. The monoisotopic (exact) mass is 223 g/mol. The number of nitro benzene ring substituents is 1. The minimum Gasteiger partial charge on any atom is -0.282 e. The molecule has 0 amide bonds. The SMILES string of the molecule is C=C(C)C(=O)Sc1ccc([N+](=O)[O-])cc1. The number of carbonyl (C=O) groups is 1. The van der Waals surface area contributed by atoms with E-state index in [2.05, 4.69) is 6.58 Å². The lowest BCUT2D eigenvalue weighted by Crippen LogP contribution is -1.91. The highest BCUT2D eigenvalue weighted by Gasteiger charge is 2.08. The van der Waals surface area contributed by atoms with Gasteiger partial charge in [-0.05, 0) is 36.4 Å². The van der Waals surface area contributed by atoms with Gasteiger partial charge in [0.1, 0.15) is 0 Å². The molecule has 0 unspecified atom stereocenters. The quantitative estimate of drug-likeness (QED) is 0.342. The highest BCUT2D eigenvalue weighted by atomic mass is 32.2. The van der Waals surface area contributed by atoms with Crippen LogP contribution in [0.25, 0.3) is 0 Å². The van der Waals surface area contributed by atoms with Gasteiger partial charge in [0.15, 0.2) is 0 Å². The maximum Gasteiger partial charge on any atom is 0.269 e. The van der Waals surface area contributed by atoms with Crippen LogP contribution in [0.15, 0.2) is 41.3 Å². The van der Waals surface area contributed by atoms with E-state index in [1.165, 1.54) is 12.1 Å². The number of hydrogen-bond donors (Lipinski definition) is 0. The van der Waals surface area contributed by atoms with Crippen molar-refractivity contribution in [3.8, 4) is 0 Å². The maximum atomic E-state index is 11.3. The third-order valence-corrected chi connectivity index (χ3v) is 2.65. The molecule has 15 heavy (non-hydrogen) atoms. The molecule has 0 bridgehead atoms. The van der Waals surface area contributed by atoms with E-state index in [-0.39, 0.29) is 10.8 Å². The molecule has 0 heterocycles. The predicted octanol–water partition coefficient (Wildman–Crippen LogP) is 2.79. The summed E-state index contributed by atoms with van der Waals surface area (Å²) >= 11 is 1.01. The molecule has 1 aromatic rings. The second-order valence-electron chi connectivity index (χ2n) is 2.92. The number of rotatable bonds is 3. The van der Waals surface area contributed by atoms with Crippen LogP contribution in [-0.2, 0) is 4.79 Å². The summed E-state index contributed by atoms with van der Waals surface area (Å²) < 4.78 is 0. The first-order valence-electron chi connectivity index (χ1n) is 4.13. The molecule has 0 spiro atoms. The van der Waals surface area contributed by atoms with Crippen molar-refractivity contribution in [2.75, 3.05) is 0 Å². The zero-order valence-electron chi connectivity index (χ0n) is 8.10. The standard InChI is InChI=1S/C10H9NO3S/c1-7(2)10(12)15-9-5-3-8(4-6-9)11(13)14/h3-6H,1H2,2H3. The van der Waals surface area contributed by atoms with Crippen LogP contribution >= 0.6 is 11.8 Å². The zero-order chi connectivity index (χ0) is 11.4. The van der Waals surface area contributed by atoms with Gasteiger partial charge in [0.2, 0.25) is 5.12 Å². The second kappa shape index (κ2) is 4.75. The van der Waals surface area contributed by atoms with Gasteiger partial charge in [-0.2, -0.15) is 0 Å². The summed E-state index contributed by atoms with van der Waals surface area (Å²) in [5.41, 5.74) is 0.473. The summed E-state index contributed by atoms with van der Waals surface area (Å²) in [5.74, 6) is 0. The molecule has 4 nitrogen and oxygen atoms in total. The summed E-state index contributed by atoms with van der Waals surface area (Å²) in [4.78, 5) is 21.8. The number of thioether (sulfide) groups is 1. The number of non-ortho nitro benzene ring substituents is 1. The number of benzene rings is 1. The average molecular weight is 223 g/mol. The molecule has 0 N–H and O–H groups in total. The number of carbonyl (C=O) groups excluding carboxylic acids is 1. The topological polar surface area (TPSA) is 60.2 Å². The molecule has 1 aromatic carbocycles. The number of nitrogens with zero attached hydrogens (tertiary/aromatic N) is 1. The summed E-state index contributed by atoms with van der Waals surface area (Å²) in [5, 5.41) is 10.2. The third-order valence-electron chi connectivity index (χ3n) is 1.61. The molecule has 0 radical (unpaired) electrons. The summed E-state index contributed by atoms with van der Waals surface area (Å²) in [7, 11) is 0. The third kappa shape index (κ3) is 3.21. The Labute approximate surface area is 91.1 Å². The van der Waals surface area contributed by atoms with Gasteiger partial charge in [-0.25, -0.2) is 0 Å². The van der Waals surface area contributed by atoms with Crippen molar-refractivity contribution < 1.29 is 9.72 Å². The first kappa shape index (κ1) is 11.5. The van der Waals surface area contributed by atoms with Crippen LogP contribution in [0.4, 0.5) is 5.69 Å². The second-order valence-corrected chi connectivity index (χ2v) is 3.97. The molecule has 5 heteroatoms. The fourth-order valence-corrected chi connectivity index (χ4v) is 1.49. The van der Waals surface area contributed by atoms with Crippen LogP contribution in [-0.4, -0.2) is 10.0 Å². The predicted molar refractivity (Wildman–Crippen MR) is 58.8 cm³/mol. The molecule has 0 aliphatic heterocycles. The van der Waals surface area contributed by atoms with Gasteiger partial charge < -0.3 is 0 Å². The molecule has 0 aliphatic carbocycles. The maximum absolute atomic E-state index is 11.3. The van der Waals surface area contributed by atoms with Crippen molar-refractivity contribution in [1.82, 2.24) is 0 Å². The lowest BCUT2D eigenvalue weighted by atomic mass is 10.3. The highest BCUT2D eigenvalue weighted by Crippen LogP contribution is 2.23. The molecule has 1 rings (SSSR count). The van der Waals surface area contributed by atoms with Crippen molar-refractivity contribution in [2.45, 2.75) is 11.8 Å². The van der Waals surface area contributed by atoms with E-state index in [0.717, 1.165) is 11.8 Å². The lowest BCUT2D eigenvalue weighted by molar-refractivity contribution is -0.384. The molecule has 0 saturated carbocycles. The fraction of sp³-hybridized carbons (Fsp3) is 0.100. The van der Waals surface area contributed by atoms with E-state index < -0.39 is 4.92 Å².